The summed E-state index contributed by atoms with van der Waals surface area (Å²) >= 11 is 0. The molecular formula is C26H45NO21. The van der Waals surface area contributed by atoms with Gasteiger partial charge in [0.1, 0.15) is 97.6 Å². The van der Waals surface area contributed by atoms with Crippen LogP contribution in [0.15, 0.2) is 0 Å². The minimum absolute atomic E-state index is 0.677. The SMILES string of the molecule is CC(=O)N[C@H]1C(O)O[C@H](CO)[C@@H](O)[C@@H]1O[C@@H]1O[C@H](CO[C@H]2O[C@H](CO)[C@H](O)[C@H](O[C@@H]3O[C@H](CO)[C@H](O)[C@H](O)[C@H]3O)[C@H]2O)[C@@H](O)[C@H](O)[C@H]1O. The van der Waals surface area contributed by atoms with Crippen molar-refractivity contribution in [1.82, 2.24) is 5.32 Å². The third-order valence-electron chi connectivity index (χ3n) is 8.59. The van der Waals surface area contributed by atoms with Crippen molar-refractivity contribution < 1.29 is 104 Å². The van der Waals surface area contributed by atoms with Crippen molar-refractivity contribution in [1.29, 1.82) is 0 Å². The van der Waals surface area contributed by atoms with Gasteiger partial charge in [0, 0.05) is 6.92 Å². The van der Waals surface area contributed by atoms with Gasteiger partial charge in [0.05, 0.1) is 26.4 Å². The maximum atomic E-state index is 11.7. The van der Waals surface area contributed by atoms with Crippen LogP contribution in [-0.4, -0.2) is 221 Å². The molecule has 0 spiro atoms. The molecule has 20 atom stereocenters. The van der Waals surface area contributed by atoms with E-state index in [-0.39, 0.29) is 0 Å². The third-order valence-corrected chi connectivity index (χ3v) is 8.59. The van der Waals surface area contributed by atoms with E-state index in [1.165, 1.54) is 0 Å². The Hall–Kier alpha value is -1.33. The molecule has 4 heterocycles. The molecule has 0 aromatic heterocycles. The first-order valence-corrected chi connectivity index (χ1v) is 15.1. The molecule has 1 unspecified atom stereocenters. The van der Waals surface area contributed by atoms with Crippen molar-refractivity contribution >= 4 is 5.91 Å². The molecule has 0 aromatic rings. The first-order valence-electron chi connectivity index (χ1n) is 15.1. The van der Waals surface area contributed by atoms with Crippen molar-refractivity contribution in [2.45, 2.75) is 130 Å². The second kappa shape index (κ2) is 16.8. The molecule has 48 heavy (non-hydrogen) atoms. The summed E-state index contributed by atoms with van der Waals surface area (Å²) in [4.78, 5) is 11.7. The average molecular weight is 708 g/mol. The van der Waals surface area contributed by atoms with Gasteiger partial charge in [-0.3, -0.25) is 4.79 Å². The minimum Gasteiger partial charge on any atom is -0.394 e. The van der Waals surface area contributed by atoms with E-state index in [0.717, 1.165) is 6.92 Å². The summed E-state index contributed by atoms with van der Waals surface area (Å²) in [7, 11) is 0. The Morgan fingerprint density at radius 1 is 0.542 bits per heavy atom. The lowest BCUT2D eigenvalue weighted by Gasteiger charge is -2.47. The van der Waals surface area contributed by atoms with E-state index >= 15 is 0 Å². The van der Waals surface area contributed by atoms with Gasteiger partial charge >= 0.3 is 0 Å². The smallest absolute Gasteiger partial charge is 0.217 e. The van der Waals surface area contributed by atoms with Gasteiger partial charge in [0.2, 0.25) is 5.91 Å². The fraction of sp³-hybridized carbons (Fsp3) is 0.962. The average Bonchev–Trinajstić information content (AvgIpc) is 3.05. The zero-order valence-electron chi connectivity index (χ0n) is 25.5. The van der Waals surface area contributed by atoms with E-state index in [1.807, 2.05) is 0 Å². The molecule has 22 heteroatoms. The zero-order chi connectivity index (χ0) is 35.6. The van der Waals surface area contributed by atoms with E-state index in [4.69, 9.17) is 33.2 Å². The lowest BCUT2D eigenvalue weighted by Crippen LogP contribution is -2.67. The molecule has 1 amide bonds. The summed E-state index contributed by atoms with van der Waals surface area (Å²) in [5, 5.41) is 136. The fourth-order valence-electron chi connectivity index (χ4n) is 5.83. The van der Waals surface area contributed by atoms with E-state index < -0.39 is 155 Å². The Morgan fingerprint density at radius 2 is 0.979 bits per heavy atom. The monoisotopic (exact) mass is 707 g/mol. The number of amides is 1. The van der Waals surface area contributed by atoms with Crippen molar-refractivity contribution in [2.24, 2.45) is 0 Å². The molecule has 4 fully saturated rings. The molecule has 14 N–H and O–H groups in total. The normalized spacial score (nSPS) is 50.2. The predicted octanol–water partition coefficient (Wildman–Crippen LogP) is -9.61. The van der Waals surface area contributed by atoms with Crippen LogP contribution in [0.5, 0.6) is 0 Å². The van der Waals surface area contributed by atoms with E-state index in [1.54, 1.807) is 0 Å². The number of hydrogen-bond acceptors (Lipinski definition) is 21. The van der Waals surface area contributed by atoms with E-state index in [2.05, 4.69) is 5.32 Å². The van der Waals surface area contributed by atoms with Crippen LogP contribution in [0, 0.1) is 0 Å². The highest BCUT2D eigenvalue weighted by Crippen LogP contribution is 2.32. The zero-order valence-corrected chi connectivity index (χ0v) is 25.5. The molecule has 4 aliphatic heterocycles. The van der Waals surface area contributed by atoms with Crippen LogP contribution in [0.3, 0.4) is 0 Å². The molecule has 4 aliphatic rings. The van der Waals surface area contributed by atoms with Crippen LogP contribution < -0.4 is 5.32 Å². The topological polar surface area (TPSA) is 357 Å². The van der Waals surface area contributed by atoms with Crippen LogP contribution in [0.1, 0.15) is 6.92 Å². The van der Waals surface area contributed by atoms with E-state index in [9.17, 15) is 71.2 Å². The summed E-state index contributed by atoms with van der Waals surface area (Å²) in [5.74, 6) is -0.677. The van der Waals surface area contributed by atoms with Crippen LogP contribution in [-0.2, 0) is 38.0 Å². The van der Waals surface area contributed by atoms with Gasteiger partial charge in [0.15, 0.2) is 25.2 Å². The number of carbonyl (C=O) groups excluding carboxylic acids is 1. The highest BCUT2D eigenvalue weighted by Gasteiger charge is 2.53. The lowest BCUT2D eigenvalue weighted by atomic mass is 9.95. The minimum atomic E-state index is -1.98. The number of aliphatic hydroxyl groups is 13. The van der Waals surface area contributed by atoms with Crippen molar-refractivity contribution in [3.63, 3.8) is 0 Å². The summed E-state index contributed by atoms with van der Waals surface area (Å²) in [6.45, 7) is -2.09. The fourth-order valence-corrected chi connectivity index (χ4v) is 5.83. The highest BCUT2D eigenvalue weighted by atomic mass is 16.8. The predicted molar refractivity (Wildman–Crippen MR) is 145 cm³/mol. The Bertz CT molecular complexity index is 1030. The van der Waals surface area contributed by atoms with Gasteiger partial charge in [-0.15, -0.1) is 0 Å². The number of hydrogen-bond donors (Lipinski definition) is 14. The Labute approximate surface area is 272 Å². The first kappa shape index (κ1) is 39.5. The first-order chi connectivity index (χ1) is 22.6. The van der Waals surface area contributed by atoms with Gasteiger partial charge in [0.25, 0.3) is 0 Å². The van der Waals surface area contributed by atoms with Gasteiger partial charge in [-0.25, -0.2) is 0 Å². The van der Waals surface area contributed by atoms with Crippen LogP contribution in [0.25, 0.3) is 0 Å². The van der Waals surface area contributed by atoms with Gasteiger partial charge < -0.3 is 105 Å². The molecule has 4 rings (SSSR count). The van der Waals surface area contributed by atoms with E-state index in [0.29, 0.717) is 0 Å². The Kier molecular flexibility index (Phi) is 13.8. The molecule has 22 nitrogen and oxygen atoms in total. The summed E-state index contributed by atoms with van der Waals surface area (Å²) < 4.78 is 38.0. The Morgan fingerprint density at radius 3 is 1.52 bits per heavy atom. The maximum absolute atomic E-state index is 11.7. The second-order valence-electron chi connectivity index (χ2n) is 11.9. The van der Waals surface area contributed by atoms with Crippen molar-refractivity contribution in [2.75, 3.05) is 26.4 Å². The maximum Gasteiger partial charge on any atom is 0.217 e. The van der Waals surface area contributed by atoms with Gasteiger partial charge in [-0.1, -0.05) is 0 Å². The van der Waals surface area contributed by atoms with Gasteiger partial charge in [-0.2, -0.15) is 0 Å². The molecular weight excluding hydrogens is 662 g/mol. The number of aliphatic hydroxyl groups excluding tert-OH is 13. The van der Waals surface area contributed by atoms with Crippen LogP contribution in [0.4, 0.5) is 0 Å². The quantitative estimate of drug-likeness (QED) is 0.0947. The molecule has 280 valence electrons. The summed E-state index contributed by atoms with van der Waals surface area (Å²) in [6, 6.07) is -1.46. The number of carbonyl (C=O) groups is 1. The van der Waals surface area contributed by atoms with Gasteiger partial charge in [-0.05, 0) is 0 Å². The Balaban J connectivity index is 1.46. The third kappa shape index (κ3) is 8.24. The van der Waals surface area contributed by atoms with Crippen molar-refractivity contribution in [3.05, 3.63) is 0 Å². The molecule has 0 aliphatic carbocycles. The van der Waals surface area contributed by atoms with Crippen LogP contribution >= 0.6 is 0 Å². The highest BCUT2D eigenvalue weighted by molar-refractivity contribution is 5.73. The molecule has 4 saturated heterocycles. The molecule has 0 radical (unpaired) electrons. The lowest BCUT2D eigenvalue weighted by molar-refractivity contribution is -0.369. The number of rotatable bonds is 11. The standard InChI is InChI=1S/C26H45NO21/c1-6(31)27-11-21(14(34)8(3-29)43-23(11)41)47-26-19(39)17(37)13(33)10(46-26)5-42-24-20(40)22(15(35)9(4-30)44-24)48-25-18(38)16(36)12(32)7(2-28)45-25/h7-26,28-30,32-41H,2-5H2,1H3,(H,27,31)/t7-,8-,9-,10-,11-,12+,13-,14-,15+,16+,17+,18-,19-,20-,21-,22+,23?,24+,25+,26+/m1/s1. The summed E-state index contributed by atoms with van der Waals surface area (Å²) in [5.41, 5.74) is 0. The molecule has 0 saturated carbocycles. The van der Waals surface area contributed by atoms with Crippen molar-refractivity contribution in [3.8, 4) is 0 Å². The second-order valence-corrected chi connectivity index (χ2v) is 11.9. The molecule has 0 bridgehead atoms. The number of nitrogens with one attached hydrogen (secondary N) is 1. The number of ether oxygens (including phenoxy) is 7. The molecule has 0 aromatic carbocycles. The van der Waals surface area contributed by atoms with Crippen LogP contribution in [0.2, 0.25) is 0 Å². The summed E-state index contributed by atoms with van der Waals surface area (Å²) in [6.07, 6.45) is -33.2. The largest absolute Gasteiger partial charge is 0.394 e.